The highest BCUT2D eigenvalue weighted by atomic mass is 16.3. The van der Waals surface area contributed by atoms with Gasteiger partial charge in [-0.25, -0.2) is 0 Å². The standard InChI is InChI=1S/C15H19NO2/c1-16-6-5-15(9-12(16)8-14(18)10-15)11-3-2-4-13(17)7-11/h2-4,7,12,17H,5-6,8-10H2,1H3/t12-,15+/m1/s1. The molecule has 96 valence electrons. The van der Waals surface area contributed by atoms with Crippen molar-refractivity contribution >= 4 is 5.78 Å². The van der Waals surface area contributed by atoms with Crippen molar-refractivity contribution in [1.82, 2.24) is 4.90 Å². The molecule has 1 aromatic carbocycles. The number of ketones is 1. The summed E-state index contributed by atoms with van der Waals surface area (Å²) in [6, 6.07) is 7.84. The maximum Gasteiger partial charge on any atom is 0.135 e. The Balaban J connectivity index is 2.00. The predicted molar refractivity (Wildman–Crippen MR) is 69.7 cm³/mol. The summed E-state index contributed by atoms with van der Waals surface area (Å²) >= 11 is 0. The molecular formula is C15H19NO2. The van der Waals surface area contributed by atoms with E-state index in [9.17, 15) is 9.90 Å². The van der Waals surface area contributed by atoms with Crippen molar-refractivity contribution in [2.75, 3.05) is 13.6 Å². The molecule has 2 atom stereocenters. The molecule has 0 unspecified atom stereocenters. The molecular weight excluding hydrogens is 226 g/mol. The minimum absolute atomic E-state index is 0.0365. The molecule has 0 aromatic heterocycles. The summed E-state index contributed by atoms with van der Waals surface area (Å²) in [5.74, 6) is 0.663. The van der Waals surface area contributed by atoms with Crippen LogP contribution >= 0.6 is 0 Å². The van der Waals surface area contributed by atoms with Gasteiger partial charge in [0.05, 0.1) is 0 Å². The van der Waals surface area contributed by atoms with E-state index < -0.39 is 0 Å². The summed E-state index contributed by atoms with van der Waals surface area (Å²) in [5.41, 5.74) is 1.10. The van der Waals surface area contributed by atoms with Crippen LogP contribution in [0.2, 0.25) is 0 Å². The van der Waals surface area contributed by atoms with E-state index in [1.165, 1.54) is 0 Å². The van der Waals surface area contributed by atoms with Crippen molar-refractivity contribution in [3.63, 3.8) is 0 Å². The fourth-order valence-electron chi connectivity index (χ4n) is 3.58. The number of phenols is 1. The number of likely N-dealkylation sites (tertiary alicyclic amines) is 1. The SMILES string of the molecule is CN1CC[C@@]2(c3cccc(O)c3)CC(=O)C[C@@H]1C2. The molecule has 1 saturated heterocycles. The molecule has 1 heterocycles. The van der Waals surface area contributed by atoms with Crippen LogP contribution in [0.1, 0.15) is 31.2 Å². The zero-order valence-corrected chi connectivity index (χ0v) is 10.7. The Morgan fingerprint density at radius 1 is 1.44 bits per heavy atom. The Morgan fingerprint density at radius 2 is 2.28 bits per heavy atom. The van der Waals surface area contributed by atoms with E-state index >= 15 is 0 Å². The molecule has 2 fully saturated rings. The van der Waals surface area contributed by atoms with E-state index in [-0.39, 0.29) is 5.41 Å². The number of nitrogens with zero attached hydrogens (tertiary/aromatic N) is 1. The number of hydrogen-bond donors (Lipinski definition) is 1. The van der Waals surface area contributed by atoms with Gasteiger partial charge in [0, 0.05) is 24.3 Å². The van der Waals surface area contributed by atoms with Gasteiger partial charge in [0.1, 0.15) is 11.5 Å². The van der Waals surface area contributed by atoms with Crippen LogP contribution in [0.25, 0.3) is 0 Å². The number of rotatable bonds is 1. The van der Waals surface area contributed by atoms with E-state index in [4.69, 9.17) is 0 Å². The van der Waals surface area contributed by atoms with Crippen molar-refractivity contribution in [1.29, 1.82) is 0 Å². The molecule has 0 radical (unpaired) electrons. The third-order valence-corrected chi connectivity index (χ3v) is 4.65. The molecule has 1 aliphatic carbocycles. The van der Waals surface area contributed by atoms with Gasteiger partial charge in [-0.1, -0.05) is 12.1 Å². The molecule has 2 aliphatic rings. The lowest BCUT2D eigenvalue weighted by Crippen LogP contribution is -2.52. The van der Waals surface area contributed by atoms with Gasteiger partial charge < -0.3 is 10.0 Å². The van der Waals surface area contributed by atoms with Crippen molar-refractivity contribution in [2.45, 2.75) is 37.1 Å². The minimum Gasteiger partial charge on any atom is -0.508 e. The summed E-state index contributed by atoms with van der Waals surface area (Å²) in [7, 11) is 2.11. The molecule has 3 rings (SSSR count). The van der Waals surface area contributed by atoms with E-state index in [1.807, 2.05) is 12.1 Å². The first kappa shape index (κ1) is 11.7. The molecule has 2 bridgehead atoms. The monoisotopic (exact) mass is 245 g/mol. The highest BCUT2D eigenvalue weighted by molar-refractivity contribution is 5.82. The first-order chi connectivity index (χ1) is 8.59. The third kappa shape index (κ3) is 1.83. The summed E-state index contributed by atoms with van der Waals surface area (Å²) < 4.78 is 0. The second-order valence-electron chi connectivity index (χ2n) is 5.84. The van der Waals surface area contributed by atoms with Crippen molar-refractivity contribution in [3.8, 4) is 5.75 Å². The van der Waals surface area contributed by atoms with Gasteiger partial charge in [0.15, 0.2) is 0 Å². The molecule has 0 amide bonds. The van der Waals surface area contributed by atoms with Crippen LogP contribution in [0, 0.1) is 0 Å². The molecule has 3 nitrogen and oxygen atoms in total. The molecule has 1 aliphatic heterocycles. The number of fused-ring (bicyclic) bond motifs is 2. The first-order valence-corrected chi connectivity index (χ1v) is 6.61. The average molecular weight is 245 g/mol. The van der Waals surface area contributed by atoms with Gasteiger partial charge in [0.25, 0.3) is 0 Å². The number of piperidine rings is 1. The van der Waals surface area contributed by atoms with Crippen LogP contribution in [-0.4, -0.2) is 35.4 Å². The molecule has 1 N–H and O–H groups in total. The van der Waals surface area contributed by atoms with Crippen molar-refractivity contribution < 1.29 is 9.90 Å². The van der Waals surface area contributed by atoms with Crippen LogP contribution in [0.5, 0.6) is 5.75 Å². The molecule has 3 heteroatoms. The van der Waals surface area contributed by atoms with Gasteiger partial charge in [0.2, 0.25) is 0 Å². The van der Waals surface area contributed by atoms with E-state index in [0.717, 1.165) is 24.9 Å². The summed E-state index contributed by atoms with van der Waals surface area (Å²) in [6.07, 6.45) is 3.38. The Labute approximate surface area is 107 Å². The normalized spacial score (nSPS) is 32.5. The predicted octanol–water partition coefficient (Wildman–Crippen LogP) is 2.09. The Kier molecular flexibility index (Phi) is 2.67. The Morgan fingerprint density at radius 3 is 3.06 bits per heavy atom. The van der Waals surface area contributed by atoms with Gasteiger partial charge in [-0.05, 0) is 44.1 Å². The lowest BCUT2D eigenvalue weighted by atomic mass is 9.63. The topological polar surface area (TPSA) is 40.5 Å². The first-order valence-electron chi connectivity index (χ1n) is 6.61. The highest BCUT2D eigenvalue weighted by Crippen LogP contribution is 2.45. The van der Waals surface area contributed by atoms with E-state index in [1.54, 1.807) is 6.07 Å². The summed E-state index contributed by atoms with van der Waals surface area (Å²) in [4.78, 5) is 14.3. The summed E-state index contributed by atoms with van der Waals surface area (Å²) in [6.45, 7) is 1.04. The highest BCUT2D eigenvalue weighted by Gasteiger charge is 2.45. The number of carbonyl (C=O) groups excluding carboxylic acids is 1. The number of phenolic OH excluding ortho intramolecular Hbond substituents is 1. The maximum absolute atomic E-state index is 12.0. The van der Waals surface area contributed by atoms with E-state index in [2.05, 4.69) is 18.0 Å². The molecule has 1 saturated carbocycles. The molecule has 0 spiro atoms. The van der Waals surface area contributed by atoms with Crippen LogP contribution in [-0.2, 0) is 10.2 Å². The number of hydrogen-bond acceptors (Lipinski definition) is 3. The smallest absolute Gasteiger partial charge is 0.135 e. The van der Waals surface area contributed by atoms with Crippen molar-refractivity contribution in [2.24, 2.45) is 0 Å². The quantitative estimate of drug-likeness (QED) is 0.823. The Hall–Kier alpha value is -1.35. The third-order valence-electron chi connectivity index (χ3n) is 4.65. The molecule has 1 aromatic rings. The zero-order valence-electron chi connectivity index (χ0n) is 10.7. The van der Waals surface area contributed by atoms with Crippen LogP contribution in [0.3, 0.4) is 0 Å². The summed E-state index contributed by atoms with van der Waals surface area (Å²) in [5, 5.41) is 9.66. The number of aromatic hydroxyl groups is 1. The van der Waals surface area contributed by atoms with Gasteiger partial charge in [-0.15, -0.1) is 0 Å². The lowest BCUT2D eigenvalue weighted by Gasteiger charge is -2.49. The molecule has 18 heavy (non-hydrogen) atoms. The van der Waals surface area contributed by atoms with E-state index in [0.29, 0.717) is 30.4 Å². The number of benzene rings is 1. The second kappa shape index (κ2) is 4.09. The van der Waals surface area contributed by atoms with Crippen LogP contribution in [0.15, 0.2) is 24.3 Å². The zero-order chi connectivity index (χ0) is 12.8. The largest absolute Gasteiger partial charge is 0.508 e. The average Bonchev–Trinajstić information content (AvgIpc) is 2.34. The number of carbonyl (C=O) groups is 1. The van der Waals surface area contributed by atoms with Gasteiger partial charge in [-0.2, -0.15) is 0 Å². The fourth-order valence-corrected chi connectivity index (χ4v) is 3.58. The Bertz CT molecular complexity index is 485. The maximum atomic E-state index is 12.0. The van der Waals surface area contributed by atoms with Crippen LogP contribution < -0.4 is 0 Å². The fraction of sp³-hybridized carbons (Fsp3) is 0.533. The minimum atomic E-state index is -0.0365. The van der Waals surface area contributed by atoms with Gasteiger partial charge in [-0.3, -0.25) is 4.79 Å². The lowest BCUT2D eigenvalue weighted by molar-refractivity contribution is -0.126. The second-order valence-corrected chi connectivity index (χ2v) is 5.84. The van der Waals surface area contributed by atoms with Gasteiger partial charge >= 0.3 is 0 Å². The number of Topliss-reactive ketones (excluding diaryl/α,β-unsaturated/α-hetero) is 1. The van der Waals surface area contributed by atoms with Crippen molar-refractivity contribution in [3.05, 3.63) is 29.8 Å². The van der Waals surface area contributed by atoms with Crippen LogP contribution in [0.4, 0.5) is 0 Å².